The third kappa shape index (κ3) is 6.74. The van der Waals surface area contributed by atoms with Crippen molar-refractivity contribution in [1.82, 2.24) is 4.90 Å². The number of likely N-dealkylation sites (N-methyl/N-ethyl adjacent to an activating group) is 1. The number of hydrogen-bond donors (Lipinski definition) is 2. The molecule has 6 nitrogen and oxygen atoms in total. The van der Waals surface area contributed by atoms with Crippen molar-refractivity contribution in [1.29, 1.82) is 0 Å². The fraction of sp³-hybridized carbons (Fsp3) is 0.381. The van der Waals surface area contributed by atoms with Crippen LogP contribution in [0.25, 0.3) is 0 Å². The van der Waals surface area contributed by atoms with Gasteiger partial charge in [0.1, 0.15) is 0 Å². The molecule has 1 saturated heterocycles. The van der Waals surface area contributed by atoms with Gasteiger partial charge in [0.25, 0.3) is 5.91 Å². The number of carbonyl (C=O) groups excluding carboxylic acids is 1. The van der Waals surface area contributed by atoms with Crippen molar-refractivity contribution in [2.75, 3.05) is 25.5 Å². The molecule has 3 N–H and O–H groups in total. The van der Waals surface area contributed by atoms with Gasteiger partial charge >= 0.3 is 0 Å². The first-order valence-corrected chi connectivity index (χ1v) is 10.9. The Morgan fingerprint density at radius 1 is 1.11 bits per heavy atom. The number of rotatable bonds is 4. The van der Waals surface area contributed by atoms with Gasteiger partial charge in [-0.2, -0.15) is 0 Å². The van der Waals surface area contributed by atoms with Gasteiger partial charge in [0.05, 0.1) is 5.25 Å². The summed E-state index contributed by atoms with van der Waals surface area (Å²) >= 11 is 0. The van der Waals surface area contributed by atoms with Crippen molar-refractivity contribution in [3.05, 3.63) is 65.7 Å². The van der Waals surface area contributed by atoms with E-state index in [9.17, 15) is 13.2 Å². The second-order valence-electron chi connectivity index (χ2n) is 7.33. The quantitative estimate of drug-likeness (QED) is 0.821. The number of nitrogens with one attached hydrogen (secondary N) is 1. The van der Waals surface area contributed by atoms with Crippen molar-refractivity contribution in [2.24, 2.45) is 5.14 Å². The minimum Gasteiger partial charge on any atom is -0.322 e. The average molecular weight is 404 g/mol. The second kappa shape index (κ2) is 9.82. The molecule has 1 amide bonds. The van der Waals surface area contributed by atoms with Gasteiger partial charge in [0.2, 0.25) is 10.0 Å². The summed E-state index contributed by atoms with van der Waals surface area (Å²) in [7, 11) is -1.08. The van der Waals surface area contributed by atoms with Gasteiger partial charge in [-0.05, 0) is 69.6 Å². The summed E-state index contributed by atoms with van der Waals surface area (Å²) in [5.74, 6) is 0.554. The number of nitrogens with two attached hydrogens (primary N) is 1. The highest BCUT2D eigenvalue weighted by atomic mass is 32.2. The Hall–Kier alpha value is -2.22. The van der Waals surface area contributed by atoms with Gasteiger partial charge in [-0.15, -0.1) is 0 Å². The number of sulfonamides is 1. The molecule has 1 atom stereocenters. The molecule has 152 valence electrons. The minimum absolute atomic E-state index is 0.0658. The van der Waals surface area contributed by atoms with Crippen LogP contribution in [0.5, 0.6) is 0 Å². The molecule has 0 spiro atoms. The van der Waals surface area contributed by atoms with Crippen LogP contribution >= 0.6 is 0 Å². The lowest BCUT2D eigenvalue weighted by atomic mass is 9.98. The van der Waals surface area contributed by atoms with E-state index >= 15 is 0 Å². The molecule has 1 fully saturated rings. The van der Waals surface area contributed by atoms with E-state index in [0.29, 0.717) is 11.5 Å². The summed E-state index contributed by atoms with van der Waals surface area (Å²) in [6, 6.07) is 17.5. The number of anilines is 1. The molecule has 0 aliphatic carbocycles. The van der Waals surface area contributed by atoms with E-state index in [1.165, 1.54) is 25.8 Å². The largest absolute Gasteiger partial charge is 0.322 e. The number of benzene rings is 2. The zero-order valence-electron chi connectivity index (χ0n) is 16.6. The van der Waals surface area contributed by atoms with Crippen molar-refractivity contribution in [3.8, 4) is 0 Å². The lowest BCUT2D eigenvalue weighted by Crippen LogP contribution is -2.22. The van der Waals surface area contributed by atoms with Gasteiger partial charge in [-0.3, -0.25) is 4.79 Å². The first-order valence-electron chi connectivity index (χ1n) is 9.33. The summed E-state index contributed by atoms with van der Waals surface area (Å²) in [6.45, 7) is 5.36. The molecule has 0 saturated carbocycles. The van der Waals surface area contributed by atoms with Crippen LogP contribution in [0.2, 0.25) is 0 Å². The highest BCUT2D eigenvalue weighted by molar-refractivity contribution is 7.89. The van der Waals surface area contributed by atoms with Gasteiger partial charge in [-0.1, -0.05) is 30.3 Å². The third-order valence-electron chi connectivity index (χ3n) is 4.72. The van der Waals surface area contributed by atoms with Crippen LogP contribution in [0, 0.1) is 0 Å². The molecule has 1 aliphatic rings. The molecular formula is C21H29N3O3S. The number of primary sulfonamides is 1. The molecule has 2 aromatic carbocycles. The van der Waals surface area contributed by atoms with E-state index in [2.05, 4.69) is 34.5 Å². The molecule has 0 bridgehead atoms. The van der Waals surface area contributed by atoms with Gasteiger partial charge < -0.3 is 10.2 Å². The van der Waals surface area contributed by atoms with Crippen molar-refractivity contribution >= 4 is 21.6 Å². The van der Waals surface area contributed by atoms with Crippen LogP contribution in [0.1, 0.15) is 42.1 Å². The maximum atomic E-state index is 12.1. The first kappa shape index (κ1) is 22.1. The highest BCUT2D eigenvalue weighted by Gasteiger charge is 2.20. The monoisotopic (exact) mass is 403 g/mol. The van der Waals surface area contributed by atoms with Crippen LogP contribution in [0.15, 0.2) is 54.6 Å². The van der Waals surface area contributed by atoms with Crippen molar-refractivity contribution in [3.63, 3.8) is 0 Å². The van der Waals surface area contributed by atoms with E-state index in [0.717, 1.165) is 18.8 Å². The molecule has 0 radical (unpaired) electrons. The lowest BCUT2D eigenvalue weighted by molar-refractivity contribution is 0.102. The molecule has 1 heterocycles. The molecule has 1 aliphatic heterocycles. The second-order valence-corrected chi connectivity index (χ2v) is 9.45. The number of nitrogens with zero attached hydrogens (tertiary/aromatic N) is 1. The Morgan fingerprint density at radius 2 is 1.68 bits per heavy atom. The van der Waals surface area contributed by atoms with Crippen LogP contribution in [0.4, 0.5) is 5.69 Å². The Balaban J connectivity index is 0.000000345. The standard InChI is InChI=1S/C18H20N2O.C3H9NO2S/c1-20-12-11-16(13-20)14-7-9-17(10-8-14)19-18(21)15-5-3-2-4-6-15;1-3(2)7(4,5)6/h2-10,16H,11-13H2,1H3,(H,19,21);3H,1-2H3,(H2,4,5,6)/t16-;/m1./s1. The van der Waals surface area contributed by atoms with Gasteiger partial charge in [-0.25, -0.2) is 13.6 Å². The minimum atomic E-state index is -3.24. The van der Waals surface area contributed by atoms with E-state index in [1.807, 2.05) is 42.5 Å². The normalized spacial score (nSPS) is 17.1. The molecule has 7 heteroatoms. The summed E-state index contributed by atoms with van der Waals surface area (Å²) in [5.41, 5.74) is 2.88. The van der Waals surface area contributed by atoms with Crippen molar-refractivity contribution < 1.29 is 13.2 Å². The SMILES string of the molecule is CC(C)S(N)(=O)=O.CN1CC[C@@H](c2ccc(NC(=O)c3ccccc3)cc2)C1. The smallest absolute Gasteiger partial charge is 0.255 e. The zero-order valence-corrected chi connectivity index (χ0v) is 17.4. The van der Waals surface area contributed by atoms with E-state index in [1.54, 1.807) is 0 Å². The summed E-state index contributed by atoms with van der Waals surface area (Å²) in [6.07, 6.45) is 1.21. The molecule has 0 unspecified atom stereocenters. The van der Waals surface area contributed by atoms with Crippen LogP contribution < -0.4 is 10.5 Å². The molecule has 0 aromatic heterocycles. The zero-order chi connectivity index (χ0) is 20.7. The Kier molecular flexibility index (Phi) is 7.74. The fourth-order valence-corrected chi connectivity index (χ4v) is 2.84. The maximum absolute atomic E-state index is 12.1. The van der Waals surface area contributed by atoms with Crippen LogP contribution in [0.3, 0.4) is 0 Å². The van der Waals surface area contributed by atoms with Gasteiger partial charge in [0, 0.05) is 17.8 Å². The van der Waals surface area contributed by atoms with Crippen molar-refractivity contribution in [2.45, 2.75) is 31.4 Å². The van der Waals surface area contributed by atoms with E-state index in [-0.39, 0.29) is 5.91 Å². The molecule has 28 heavy (non-hydrogen) atoms. The topological polar surface area (TPSA) is 92.5 Å². The summed E-state index contributed by atoms with van der Waals surface area (Å²) < 4.78 is 20.2. The molecule has 3 rings (SSSR count). The molecule has 2 aromatic rings. The van der Waals surface area contributed by atoms with Gasteiger partial charge in [0.15, 0.2) is 0 Å². The Bertz CT molecular complexity index is 866. The fourth-order valence-electron chi connectivity index (χ4n) is 2.84. The Labute approximate surface area is 167 Å². The number of likely N-dealkylation sites (tertiary alicyclic amines) is 1. The lowest BCUT2D eigenvalue weighted by Gasteiger charge is -2.12. The first-order chi connectivity index (χ1) is 13.2. The van der Waals surface area contributed by atoms with E-state index in [4.69, 9.17) is 0 Å². The van der Waals surface area contributed by atoms with Crippen LogP contribution in [-0.4, -0.2) is 44.6 Å². The summed E-state index contributed by atoms with van der Waals surface area (Å²) in [4.78, 5) is 14.4. The maximum Gasteiger partial charge on any atom is 0.255 e. The van der Waals surface area contributed by atoms with E-state index < -0.39 is 15.3 Å². The number of carbonyl (C=O) groups is 1. The average Bonchev–Trinajstić information content (AvgIpc) is 3.09. The van der Waals surface area contributed by atoms with Crippen LogP contribution in [-0.2, 0) is 10.0 Å². The number of hydrogen-bond acceptors (Lipinski definition) is 4. The summed E-state index contributed by atoms with van der Waals surface area (Å²) in [5, 5.41) is 7.13. The Morgan fingerprint density at radius 3 is 2.14 bits per heavy atom. The predicted molar refractivity (Wildman–Crippen MR) is 114 cm³/mol. The molecular weight excluding hydrogens is 374 g/mol. The third-order valence-corrected chi connectivity index (χ3v) is 6.04. The highest BCUT2D eigenvalue weighted by Crippen LogP contribution is 2.27. The predicted octanol–water partition coefficient (Wildman–Crippen LogP) is 3.04. The number of amides is 1.